The van der Waals surface area contributed by atoms with Crippen LogP contribution in [0.5, 0.6) is 0 Å². The Morgan fingerprint density at radius 1 is 1.00 bits per heavy atom. The number of rotatable bonds is 6. The summed E-state index contributed by atoms with van der Waals surface area (Å²) in [4.78, 5) is 19.3. The van der Waals surface area contributed by atoms with Gasteiger partial charge in [-0.15, -0.1) is 0 Å². The maximum absolute atomic E-state index is 10.6. The summed E-state index contributed by atoms with van der Waals surface area (Å²) in [5.74, 6) is 1.84. The van der Waals surface area contributed by atoms with Gasteiger partial charge in [-0.05, 0) is 100 Å². The van der Waals surface area contributed by atoms with Crippen LogP contribution >= 0.6 is 0 Å². The van der Waals surface area contributed by atoms with Crippen molar-refractivity contribution in [1.29, 1.82) is 0 Å². The molecule has 1 aromatic carbocycles. The highest BCUT2D eigenvalue weighted by atomic mass is 16.3. The molecule has 7 rings (SSSR count). The van der Waals surface area contributed by atoms with Gasteiger partial charge in [0, 0.05) is 54.8 Å². The number of pyridine rings is 1. The minimum absolute atomic E-state index is 0.505. The Bertz CT molecular complexity index is 1500. The average Bonchev–Trinajstić information content (AvgIpc) is 3.69. The second-order valence-electron chi connectivity index (χ2n) is 12.4. The van der Waals surface area contributed by atoms with Gasteiger partial charge in [0.15, 0.2) is 5.65 Å². The van der Waals surface area contributed by atoms with E-state index in [0.29, 0.717) is 23.0 Å². The van der Waals surface area contributed by atoms with Gasteiger partial charge in [-0.2, -0.15) is 4.98 Å². The molecule has 3 aliphatic rings. The highest BCUT2D eigenvalue weighted by molar-refractivity contribution is 5.80. The molecule has 4 aromatic rings. The minimum Gasteiger partial charge on any atom is -0.384 e. The van der Waals surface area contributed by atoms with Crippen molar-refractivity contribution in [1.82, 2.24) is 24.4 Å². The van der Waals surface area contributed by atoms with E-state index in [-0.39, 0.29) is 0 Å². The lowest BCUT2D eigenvalue weighted by molar-refractivity contribution is 0.00132. The van der Waals surface area contributed by atoms with Crippen molar-refractivity contribution >= 4 is 28.4 Å². The van der Waals surface area contributed by atoms with E-state index in [9.17, 15) is 5.11 Å². The topological polar surface area (TPSA) is 82.3 Å². The zero-order chi connectivity index (χ0) is 26.8. The van der Waals surface area contributed by atoms with Crippen LogP contribution in [0.4, 0.5) is 17.3 Å². The van der Waals surface area contributed by atoms with Crippen molar-refractivity contribution in [2.75, 3.05) is 43.4 Å². The zero-order valence-corrected chi connectivity index (χ0v) is 23.1. The highest BCUT2D eigenvalue weighted by Crippen LogP contribution is 2.43. The molecule has 39 heavy (non-hydrogen) atoms. The van der Waals surface area contributed by atoms with Gasteiger partial charge in [0.1, 0.15) is 11.4 Å². The van der Waals surface area contributed by atoms with Crippen molar-refractivity contribution in [3.05, 3.63) is 66.1 Å². The fraction of sp³-hybridized carbons (Fsp3) is 0.452. The third-order valence-electron chi connectivity index (χ3n) is 8.68. The van der Waals surface area contributed by atoms with E-state index in [1.54, 1.807) is 13.8 Å². The number of nitrogens with one attached hydrogen (secondary N) is 1. The number of aliphatic hydroxyl groups is 1. The first-order chi connectivity index (χ1) is 18.8. The normalized spacial score (nSPS) is 19.4. The molecule has 0 amide bonds. The number of benzene rings is 1. The molecule has 3 aromatic heterocycles. The van der Waals surface area contributed by atoms with Crippen molar-refractivity contribution in [3.8, 4) is 5.82 Å². The van der Waals surface area contributed by atoms with Crippen LogP contribution in [0.25, 0.3) is 16.9 Å². The summed E-state index contributed by atoms with van der Waals surface area (Å²) in [6.45, 7) is 8.28. The van der Waals surface area contributed by atoms with E-state index in [1.807, 2.05) is 24.4 Å². The third-order valence-corrected chi connectivity index (χ3v) is 8.68. The summed E-state index contributed by atoms with van der Waals surface area (Å²) in [7, 11) is 2.22. The largest absolute Gasteiger partial charge is 0.384 e. The lowest BCUT2D eigenvalue weighted by Crippen LogP contribution is -2.58. The van der Waals surface area contributed by atoms with Gasteiger partial charge in [-0.25, -0.2) is 9.97 Å². The molecule has 2 N–H and O–H groups in total. The van der Waals surface area contributed by atoms with Crippen LogP contribution in [0, 0.1) is 5.41 Å². The van der Waals surface area contributed by atoms with Crippen LogP contribution in [0.1, 0.15) is 56.8 Å². The summed E-state index contributed by atoms with van der Waals surface area (Å²) in [5, 5.41) is 15.0. The second kappa shape index (κ2) is 9.03. The number of hydrogen-bond donors (Lipinski definition) is 2. The summed E-state index contributed by atoms with van der Waals surface area (Å²) >= 11 is 0. The first-order valence-corrected chi connectivity index (χ1v) is 14.2. The molecular weight excluding hydrogens is 486 g/mol. The maximum Gasteiger partial charge on any atom is 0.229 e. The van der Waals surface area contributed by atoms with E-state index in [2.05, 4.69) is 62.0 Å². The van der Waals surface area contributed by atoms with Crippen LogP contribution in [0.3, 0.4) is 0 Å². The van der Waals surface area contributed by atoms with E-state index in [0.717, 1.165) is 35.6 Å². The predicted octanol–water partition coefficient (Wildman–Crippen LogP) is 5.20. The van der Waals surface area contributed by atoms with E-state index in [1.165, 1.54) is 50.2 Å². The molecule has 0 unspecified atom stereocenters. The zero-order valence-electron chi connectivity index (χ0n) is 23.1. The van der Waals surface area contributed by atoms with Crippen molar-refractivity contribution in [2.24, 2.45) is 5.41 Å². The van der Waals surface area contributed by atoms with Gasteiger partial charge < -0.3 is 20.2 Å². The fourth-order valence-corrected chi connectivity index (χ4v) is 6.42. The third kappa shape index (κ3) is 4.66. The van der Waals surface area contributed by atoms with E-state index >= 15 is 0 Å². The lowest BCUT2D eigenvalue weighted by Gasteiger charge is -2.53. The second-order valence-corrected chi connectivity index (χ2v) is 12.4. The molecule has 2 aliphatic heterocycles. The molecule has 1 spiro atoms. The number of anilines is 3. The molecule has 0 bridgehead atoms. The monoisotopic (exact) mass is 523 g/mol. The maximum atomic E-state index is 10.6. The molecule has 0 radical (unpaired) electrons. The Morgan fingerprint density at radius 2 is 1.74 bits per heavy atom. The summed E-state index contributed by atoms with van der Waals surface area (Å²) in [6, 6.07) is 16.6. The Labute approximate surface area is 229 Å². The molecule has 5 heterocycles. The number of aromatic nitrogens is 4. The van der Waals surface area contributed by atoms with Crippen molar-refractivity contribution < 1.29 is 5.11 Å². The van der Waals surface area contributed by atoms with Gasteiger partial charge in [0.05, 0.1) is 5.69 Å². The molecule has 8 heteroatoms. The first kappa shape index (κ1) is 24.5. The Morgan fingerprint density at radius 3 is 2.41 bits per heavy atom. The number of hydrogen-bond acceptors (Lipinski definition) is 7. The highest BCUT2D eigenvalue weighted by Gasteiger charge is 2.43. The van der Waals surface area contributed by atoms with Crippen LogP contribution in [-0.4, -0.2) is 62.8 Å². The summed E-state index contributed by atoms with van der Waals surface area (Å²) < 4.78 is 2.14. The van der Waals surface area contributed by atoms with Crippen LogP contribution in [0.2, 0.25) is 0 Å². The van der Waals surface area contributed by atoms with Crippen molar-refractivity contribution in [3.63, 3.8) is 0 Å². The first-order valence-electron chi connectivity index (χ1n) is 14.2. The predicted molar refractivity (Wildman–Crippen MR) is 155 cm³/mol. The van der Waals surface area contributed by atoms with Gasteiger partial charge in [-0.1, -0.05) is 6.07 Å². The van der Waals surface area contributed by atoms with Crippen LogP contribution in [0.15, 0.2) is 54.7 Å². The molecule has 1 aliphatic carbocycles. The van der Waals surface area contributed by atoms with Gasteiger partial charge >= 0.3 is 0 Å². The summed E-state index contributed by atoms with van der Waals surface area (Å²) in [6.07, 6.45) is 6.79. The summed E-state index contributed by atoms with van der Waals surface area (Å²) in [5.41, 5.74) is 4.46. The molecule has 1 saturated carbocycles. The van der Waals surface area contributed by atoms with Gasteiger partial charge in [0.2, 0.25) is 5.95 Å². The van der Waals surface area contributed by atoms with Crippen molar-refractivity contribution in [2.45, 2.75) is 51.0 Å². The van der Waals surface area contributed by atoms with Crippen LogP contribution < -0.4 is 10.2 Å². The smallest absolute Gasteiger partial charge is 0.229 e. The molecular formula is C31H37N7O. The number of piperidine rings is 1. The van der Waals surface area contributed by atoms with Gasteiger partial charge in [0.25, 0.3) is 0 Å². The van der Waals surface area contributed by atoms with E-state index < -0.39 is 5.60 Å². The lowest BCUT2D eigenvalue weighted by atomic mass is 9.72. The standard InChI is InChI=1S/C31H37N7O/c1-30(2,39)26-5-4-6-27(34-26)38-25(21-7-8-21)17-22-18-32-29(35-28(22)38)33-23-9-11-24(12-10-23)37-15-13-31(14-16-37)19-36(3)20-31/h4-6,9-12,17-18,21,39H,7-8,13-16,19-20H2,1-3H3,(H,32,33,35). The Hall–Kier alpha value is -3.49. The quantitative estimate of drug-likeness (QED) is 0.360. The molecule has 202 valence electrons. The fourth-order valence-electron chi connectivity index (χ4n) is 6.42. The van der Waals surface area contributed by atoms with Crippen LogP contribution in [-0.2, 0) is 5.60 Å². The molecule has 2 saturated heterocycles. The van der Waals surface area contributed by atoms with Gasteiger partial charge in [-0.3, -0.25) is 4.57 Å². The molecule has 8 nitrogen and oxygen atoms in total. The minimum atomic E-state index is -1.02. The number of nitrogens with zero attached hydrogens (tertiary/aromatic N) is 6. The Kier molecular flexibility index (Phi) is 5.68. The molecule has 3 fully saturated rings. The number of likely N-dealkylation sites (tertiary alicyclic amines) is 1. The Balaban J connectivity index is 1.13. The SMILES string of the molecule is CN1CC2(CCN(c3ccc(Nc4ncc5cc(C6CC6)n(-c6cccc(C(C)(C)O)n6)c5n4)cc3)CC2)C1. The molecule has 0 atom stereocenters. The van der Waals surface area contributed by atoms with E-state index in [4.69, 9.17) is 9.97 Å². The number of fused-ring (bicyclic) bond motifs is 1. The average molecular weight is 524 g/mol.